The van der Waals surface area contributed by atoms with E-state index in [-0.39, 0.29) is 17.2 Å². The molecule has 0 spiro atoms. The minimum Gasteiger partial charge on any atom is -0.493 e. The minimum absolute atomic E-state index is 0.155. The first-order valence-corrected chi connectivity index (χ1v) is 11.9. The summed E-state index contributed by atoms with van der Waals surface area (Å²) < 4.78 is 5.73. The van der Waals surface area contributed by atoms with Crippen LogP contribution in [0.15, 0.2) is 60.7 Å². The van der Waals surface area contributed by atoms with E-state index >= 15 is 0 Å². The lowest BCUT2D eigenvalue weighted by Gasteiger charge is -2.12. The second kappa shape index (κ2) is 12.7. The van der Waals surface area contributed by atoms with E-state index in [1.807, 2.05) is 24.3 Å². The lowest BCUT2D eigenvalue weighted by atomic mass is 9.99. The third kappa shape index (κ3) is 7.29. The number of rotatable bonds is 12. The van der Waals surface area contributed by atoms with Gasteiger partial charge in [-0.2, -0.15) is 0 Å². The van der Waals surface area contributed by atoms with Crippen molar-refractivity contribution in [3.63, 3.8) is 0 Å². The fourth-order valence-electron chi connectivity index (χ4n) is 3.64. The predicted molar refractivity (Wildman–Crippen MR) is 138 cm³/mol. The molecule has 0 unspecified atom stereocenters. The molecule has 0 radical (unpaired) electrons. The molecule has 3 aromatic rings. The first-order chi connectivity index (χ1) is 17.3. The highest BCUT2D eigenvalue weighted by Gasteiger charge is 2.18. The summed E-state index contributed by atoms with van der Waals surface area (Å²) in [6.07, 6.45) is 2.04. The summed E-state index contributed by atoms with van der Waals surface area (Å²) in [5.41, 5.74) is 2.68. The van der Waals surface area contributed by atoms with E-state index in [2.05, 4.69) is 12.2 Å². The number of carbonyl (C=O) groups is 2. The molecule has 188 valence electrons. The van der Waals surface area contributed by atoms with Crippen molar-refractivity contribution in [2.45, 2.75) is 32.6 Å². The van der Waals surface area contributed by atoms with Gasteiger partial charge >= 0.3 is 5.97 Å². The van der Waals surface area contributed by atoms with Crippen molar-refractivity contribution >= 4 is 29.2 Å². The van der Waals surface area contributed by atoms with Gasteiger partial charge in [0, 0.05) is 23.2 Å². The van der Waals surface area contributed by atoms with Gasteiger partial charge < -0.3 is 15.2 Å². The first kappa shape index (κ1) is 26.7. The number of ether oxygens (including phenoxy) is 1. The van der Waals surface area contributed by atoms with Gasteiger partial charge in [0.2, 0.25) is 0 Å². The summed E-state index contributed by atoms with van der Waals surface area (Å²) in [4.78, 5) is 34.5. The Morgan fingerprint density at radius 2 is 1.78 bits per heavy atom. The van der Waals surface area contributed by atoms with E-state index in [1.165, 1.54) is 12.1 Å². The zero-order valence-corrected chi connectivity index (χ0v) is 20.6. The van der Waals surface area contributed by atoms with Crippen molar-refractivity contribution < 1.29 is 24.4 Å². The van der Waals surface area contributed by atoms with E-state index in [1.54, 1.807) is 24.3 Å². The highest BCUT2D eigenvalue weighted by molar-refractivity contribution is 6.31. The molecule has 0 bridgehead atoms. The van der Waals surface area contributed by atoms with Crippen molar-refractivity contribution in [1.29, 1.82) is 0 Å². The molecule has 3 aromatic carbocycles. The van der Waals surface area contributed by atoms with Gasteiger partial charge in [0.25, 0.3) is 11.6 Å². The normalized spacial score (nSPS) is 10.6. The molecule has 3 rings (SSSR count). The van der Waals surface area contributed by atoms with Crippen LogP contribution in [0.1, 0.15) is 41.3 Å². The minimum atomic E-state index is -1.13. The summed E-state index contributed by atoms with van der Waals surface area (Å²) in [6.45, 7) is 2.98. The molecule has 0 aromatic heterocycles. The van der Waals surface area contributed by atoms with Gasteiger partial charge in [0.05, 0.1) is 23.5 Å². The Hall–Kier alpha value is -3.91. The van der Waals surface area contributed by atoms with E-state index in [4.69, 9.17) is 21.4 Å². The molecule has 1 amide bonds. The Balaban J connectivity index is 1.63. The van der Waals surface area contributed by atoms with E-state index in [0.717, 1.165) is 24.0 Å². The maximum absolute atomic E-state index is 12.7. The number of benzene rings is 3. The maximum Gasteiger partial charge on any atom is 0.308 e. The standard InChI is InChI=1S/C27H27ClN2O6/c1-2-3-14-36-25-11-10-22(28)17-23(25)27(33)29-13-12-18-4-6-19(7-5-18)20-8-9-21(16-26(31)32)24(15-20)30(34)35/h4-11,15,17H,2-3,12-14,16H2,1H3,(H,29,33)(H,31,32). The number of carboxylic acid groups (broad SMARTS) is 1. The molecule has 0 saturated heterocycles. The number of nitrogens with zero attached hydrogens (tertiary/aromatic N) is 1. The Kier molecular flexibility index (Phi) is 9.41. The summed E-state index contributed by atoms with van der Waals surface area (Å²) in [5.74, 6) is -0.898. The van der Waals surface area contributed by atoms with E-state index in [0.29, 0.717) is 41.5 Å². The number of carboxylic acids is 1. The zero-order chi connectivity index (χ0) is 26.1. The molecule has 0 atom stereocenters. The Morgan fingerprint density at radius 1 is 1.06 bits per heavy atom. The van der Waals surface area contributed by atoms with E-state index < -0.39 is 17.3 Å². The summed E-state index contributed by atoms with van der Waals surface area (Å²) >= 11 is 6.08. The molecule has 2 N–H and O–H groups in total. The van der Waals surface area contributed by atoms with Crippen LogP contribution < -0.4 is 10.1 Å². The number of nitrogens with one attached hydrogen (secondary N) is 1. The third-order valence-electron chi connectivity index (χ3n) is 5.55. The van der Waals surface area contributed by atoms with Crippen molar-refractivity contribution in [2.24, 2.45) is 0 Å². The number of hydrogen-bond donors (Lipinski definition) is 2. The van der Waals surface area contributed by atoms with Crippen LogP contribution in [0, 0.1) is 10.1 Å². The molecule has 0 aliphatic rings. The number of carbonyl (C=O) groups excluding carboxylic acids is 1. The Labute approximate surface area is 214 Å². The van der Waals surface area contributed by atoms with Crippen LogP contribution in [0.5, 0.6) is 5.75 Å². The second-order valence-electron chi connectivity index (χ2n) is 8.22. The molecule has 0 aliphatic heterocycles. The fourth-order valence-corrected chi connectivity index (χ4v) is 3.81. The molecule has 9 heteroatoms. The first-order valence-electron chi connectivity index (χ1n) is 11.6. The van der Waals surface area contributed by atoms with Gasteiger partial charge in [-0.15, -0.1) is 0 Å². The van der Waals surface area contributed by atoms with Gasteiger partial charge in [-0.3, -0.25) is 19.7 Å². The number of unbranched alkanes of at least 4 members (excludes halogenated alkanes) is 1. The van der Waals surface area contributed by atoms with Crippen molar-refractivity contribution in [2.75, 3.05) is 13.2 Å². The molecule has 0 heterocycles. The maximum atomic E-state index is 12.7. The number of nitro benzene ring substituents is 1. The topological polar surface area (TPSA) is 119 Å². The molecule has 36 heavy (non-hydrogen) atoms. The van der Waals surface area contributed by atoms with Crippen LogP contribution in [-0.4, -0.2) is 35.1 Å². The summed E-state index contributed by atoms with van der Waals surface area (Å²) in [7, 11) is 0. The van der Waals surface area contributed by atoms with Crippen molar-refractivity contribution in [3.8, 4) is 16.9 Å². The third-order valence-corrected chi connectivity index (χ3v) is 5.79. The largest absolute Gasteiger partial charge is 0.493 e. The Bertz CT molecular complexity index is 1240. The van der Waals surface area contributed by atoms with Crippen LogP contribution in [0.25, 0.3) is 11.1 Å². The highest BCUT2D eigenvalue weighted by atomic mass is 35.5. The van der Waals surface area contributed by atoms with Gasteiger partial charge in [-0.25, -0.2) is 0 Å². The lowest BCUT2D eigenvalue weighted by Crippen LogP contribution is -2.26. The SMILES string of the molecule is CCCCOc1ccc(Cl)cc1C(=O)NCCc1ccc(-c2ccc(CC(=O)O)c([N+](=O)[O-])c2)cc1. The van der Waals surface area contributed by atoms with Crippen LogP contribution in [0.3, 0.4) is 0 Å². The monoisotopic (exact) mass is 510 g/mol. The zero-order valence-electron chi connectivity index (χ0n) is 19.8. The van der Waals surface area contributed by atoms with E-state index in [9.17, 15) is 19.7 Å². The Morgan fingerprint density at radius 3 is 2.44 bits per heavy atom. The number of nitro groups is 1. The summed E-state index contributed by atoms with van der Waals surface area (Å²) in [6, 6.07) is 17.0. The predicted octanol–water partition coefficient (Wildman–Crippen LogP) is 5.69. The quantitative estimate of drug-likeness (QED) is 0.183. The van der Waals surface area contributed by atoms with Crippen LogP contribution in [0.2, 0.25) is 5.02 Å². The molecule has 0 saturated carbocycles. The van der Waals surface area contributed by atoms with Crippen LogP contribution in [0.4, 0.5) is 5.69 Å². The van der Waals surface area contributed by atoms with Gasteiger partial charge in [0.15, 0.2) is 0 Å². The number of hydrogen-bond acceptors (Lipinski definition) is 5. The second-order valence-corrected chi connectivity index (χ2v) is 8.65. The van der Waals surface area contributed by atoms with Gasteiger partial charge in [-0.05, 0) is 47.7 Å². The number of halogens is 1. The molecule has 8 nitrogen and oxygen atoms in total. The van der Waals surface area contributed by atoms with Gasteiger partial charge in [0.1, 0.15) is 5.75 Å². The van der Waals surface area contributed by atoms with Crippen molar-refractivity contribution in [3.05, 3.63) is 92.5 Å². The molecular formula is C27H27ClN2O6. The fraction of sp³-hybridized carbons (Fsp3) is 0.259. The van der Waals surface area contributed by atoms with Crippen LogP contribution in [-0.2, 0) is 17.6 Å². The lowest BCUT2D eigenvalue weighted by molar-refractivity contribution is -0.385. The summed E-state index contributed by atoms with van der Waals surface area (Å²) in [5, 5.41) is 23.7. The van der Waals surface area contributed by atoms with Crippen LogP contribution >= 0.6 is 11.6 Å². The van der Waals surface area contributed by atoms with Crippen molar-refractivity contribution in [1.82, 2.24) is 5.32 Å². The molecule has 0 fully saturated rings. The van der Waals surface area contributed by atoms with Gasteiger partial charge in [-0.1, -0.05) is 61.3 Å². The molecular weight excluding hydrogens is 484 g/mol. The highest BCUT2D eigenvalue weighted by Crippen LogP contribution is 2.28. The average molecular weight is 511 g/mol. The molecule has 0 aliphatic carbocycles. The number of amides is 1. The number of aliphatic carboxylic acids is 1. The smallest absolute Gasteiger partial charge is 0.308 e. The average Bonchev–Trinajstić information content (AvgIpc) is 2.85.